The molecule has 0 aliphatic carbocycles. The van der Waals surface area contributed by atoms with Gasteiger partial charge < -0.3 is 0 Å². The molecule has 7 heteroatoms. The first kappa shape index (κ1) is 10.0. The molecule has 0 aliphatic heterocycles. The molecule has 0 fully saturated rings. The Morgan fingerprint density at radius 2 is 2.20 bits per heavy atom. The van der Waals surface area contributed by atoms with Gasteiger partial charge in [0.2, 0.25) is 4.47 Å². The number of aromatic nitrogens is 2. The standard InChI is InChI=1S/C8H4ClN3O2S/c9-8-11-10-7(15-8)5-2-1-3-6(4-5)12(13)14/h1-4H. The molecule has 1 aromatic heterocycles. The summed E-state index contributed by atoms with van der Waals surface area (Å²) in [7, 11) is 0. The zero-order valence-corrected chi connectivity index (χ0v) is 8.83. The summed E-state index contributed by atoms with van der Waals surface area (Å²) in [4.78, 5) is 10.1. The highest BCUT2D eigenvalue weighted by Crippen LogP contribution is 2.28. The fourth-order valence-corrected chi connectivity index (χ4v) is 1.90. The Labute approximate surface area is 93.5 Å². The Morgan fingerprint density at radius 1 is 1.40 bits per heavy atom. The number of hydrogen-bond donors (Lipinski definition) is 0. The van der Waals surface area contributed by atoms with Crippen LogP contribution in [0.25, 0.3) is 10.6 Å². The second-order valence-electron chi connectivity index (χ2n) is 2.67. The zero-order valence-electron chi connectivity index (χ0n) is 7.25. The third-order valence-electron chi connectivity index (χ3n) is 1.70. The lowest BCUT2D eigenvalue weighted by Crippen LogP contribution is -1.87. The van der Waals surface area contributed by atoms with Crippen LogP contribution in [0.5, 0.6) is 0 Å². The number of nitrogens with zero attached hydrogens (tertiary/aromatic N) is 3. The van der Waals surface area contributed by atoms with Gasteiger partial charge in [0.05, 0.1) is 4.92 Å². The van der Waals surface area contributed by atoms with E-state index >= 15 is 0 Å². The quantitative estimate of drug-likeness (QED) is 0.599. The number of nitro groups is 1. The molecule has 0 N–H and O–H groups in total. The fourth-order valence-electron chi connectivity index (χ4n) is 1.07. The average Bonchev–Trinajstić information content (AvgIpc) is 2.65. The van der Waals surface area contributed by atoms with E-state index in [1.54, 1.807) is 12.1 Å². The molecule has 5 nitrogen and oxygen atoms in total. The fraction of sp³-hybridized carbons (Fsp3) is 0. The third kappa shape index (κ3) is 2.11. The van der Waals surface area contributed by atoms with E-state index < -0.39 is 4.92 Å². The van der Waals surface area contributed by atoms with Gasteiger partial charge in [-0.1, -0.05) is 23.5 Å². The molecule has 0 radical (unpaired) electrons. The SMILES string of the molecule is O=[N+]([O-])c1cccc(-c2nnc(Cl)s2)c1. The van der Waals surface area contributed by atoms with Gasteiger partial charge in [-0.3, -0.25) is 10.1 Å². The maximum absolute atomic E-state index is 10.5. The molecule has 0 amide bonds. The van der Waals surface area contributed by atoms with Crippen LogP contribution in [0, 0.1) is 10.1 Å². The van der Waals surface area contributed by atoms with Crippen LogP contribution in [-0.4, -0.2) is 15.1 Å². The summed E-state index contributed by atoms with van der Waals surface area (Å²) in [5, 5.41) is 18.5. The molecule has 15 heavy (non-hydrogen) atoms. The minimum absolute atomic E-state index is 0.0267. The molecular weight excluding hydrogens is 238 g/mol. The lowest BCUT2D eigenvalue weighted by Gasteiger charge is -1.94. The first-order chi connectivity index (χ1) is 7.16. The number of benzene rings is 1. The molecule has 0 spiro atoms. The van der Waals surface area contributed by atoms with Gasteiger partial charge in [0.25, 0.3) is 5.69 Å². The summed E-state index contributed by atoms with van der Waals surface area (Å²) in [5.41, 5.74) is 0.674. The van der Waals surface area contributed by atoms with Crippen molar-refractivity contribution in [3.8, 4) is 10.6 Å². The Bertz CT molecular complexity index is 514. The molecule has 2 aromatic rings. The van der Waals surface area contributed by atoms with Crippen LogP contribution in [0.2, 0.25) is 4.47 Å². The van der Waals surface area contributed by atoms with Crippen LogP contribution in [0.1, 0.15) is 0 Å². The van der Waals surface area contributed by atoms with Crippen molar-refractivity contribution in [3.05, 3.63) is 38.8 Å². The minimum Gasteiger partial charge on any atom is -0.258 e. The highest BCUT2D eigenvalue weighted by atomic mass is 35.5. The van der Waals surface area contributed by atoms with Crippen molar-refractivity contribution < 1.29 is 4.92 Å². The van der Waals surface area contributed by atoms with Gasteiger partial charge in [0, 0.05) is 17.7 Å². The van der Waals surface area contributed by atoms with Crippen molar-refractivity contribution in [2.45, 2.75) is 0 Å². The van der Waals surface area contributed by atoms with E-state index in [4.69, 9.17) is 11.6 Å². The first-order valence-electron chi connectivity index (χ1n) is 3.90. The van der Waals surface area contributed by atoms with Crippen LogP contribution in [0.3, 0.4) is 0 Å². The number of non-ortho nitro benzene ring substituents is 1. The average molecular weight is 242 g/mol. The van der Waals surface area contributed by atoms with E-state index in [0.29, 0.717) is 15.0 Å². The molecular formula is C8H4ClN3O2S. The van der Waals surface area contributed by atoms with Gasteiger partial charge in [-0.15, -0.1) is 10.2 Å². The Hall–Kier alpha value is -1.53. The lowest BCUT2D eigenvalue weighted by molar-refractivity contribution is -0.384. The van der Waals surface area contributed by atoms with Crippen LogP contribution in [0.15, 0.2) is 24.3 Å². The molecule has 0 unspecified atom stereocenters. The summed E-state index contributed by atoms with van der Waals surface area (Å²) < 4.78 is 0.316. The molecule has 0 atom stereocenters. The van der Waals surface area contributed by atoms with Crippen molar-refractivity contribution in [1.29, 1.82) is 0 Å². The summed E-state index contributed by atoms with van der Waals surface area (Å²) in [6.07, 6.45) is 0. The summed E-state index contributed by atoms with van der Waals surface area (Å²) in [6, 6.07) is 6.19. The van der Waals surface area contributed by atoms with Gasteiger partial charge in [0.1, 0.15) is 5.01 Å². The van der Waals surface area contributed by atoms with Gasteiger partial charge in [0.15, 0.2) is 0 Å². The van der Waals surface area contributed by atoms with Crippen molar-refractivity contribution in [2.24, 2.45) is 0 Å². The molecule has 76 valence electrons. The van der Waals surface area contributed by atoms with E-state index in [9.17, 15) is 10.1 Å². The zero-order chi connectivity index (χ0) is 10.8. The highest BCUT2D eigenvalue weighted by Gasteiger charge is 2.10. The number of nitro benzene ring substituents is 1. The summed E-state index contributed by atoms with van der Waals surface area (Å²) in [5.74, 6) is 0. The van der Waals surface area contributed by atoms with Crippen LogP contribution in [-0.2, 0) is 0 Å². The van der Waals surface area contributed by atoms with E-state index in [2.05, 4.69) is 10.2 Å². The predicted octanol–water partition coefficient (Wildman–Crippen LogP) is 2.77. The number of halogens is 1. The monoisotopic (exact) mass is 241 g/mol. The Balaban J connectivity index is 2.45. The van der Waals surface area contributed by atoms with E-state index in [1.807, 2.05) is 0 Å². The van der Waals surface area contributed by atoms with Gasteiger partial charge in [-0.25, -0.2) is 0 Å². The molecule has 0 aliphatic rings. The van der Waals surface area contributed by atoms with E-state index in [0.717, 1.165) is 0 Å². The number of rotatable bonds is 2. The van der Waals surface area contributed by atoms with Crippen molar-refractivity contribution in [3.63, 3.8) is 0 Å². The van der Waals surface area contributed by atoms with Gasteiger partial charge in [-0.05, 0) is 11.6 Å². The molecule has 1 aromatic carbocycles. The molecule has 1 heterocycles. The maximum atomic E-state index is 10.5. The summed E-state index contributed by atoms with van der Waals surface area (Å²) in [6.45, 7) is 0. The Kier molecular flexibility index (Phi) is 2.61. The second-order valence-corrected chi connectivity index (χ2v) is 4.23. The minimum atomic E-state index is -0.452. The topological polar surface area (TPSA) is 68.9 Å². The van der Waals surface area contributed by atoms with E-state index in [-0.39, 0.29) is 5.69 Å². The molecule has 0 saturated heterocycles. The molecule has 2 rings (SSSR count). The second kappa shape index (κ2) is 3.92. The largest absolute Gasteiger partial charge is 0.270 e. The predicted molar refractivity (Wildman–Crippen MR) is 57.0 cm³/mol. The van der Waals surface area contributed by atoms with Crippen molar-refractivity contribution >= 4 is 28.6 Å². The van der Waals surface area contributed by atoms with Crippen molar-refractivity contribution in [2.75, 3.05) is 0 Å². The smallest absolute Gasteiger partial charge is 0.258 e. The number of hydrogen-bond acceptors (Lipinski definition) is 5. The third-order valence-corrected chi connectivity index (χ3v) is 2.77. The van der Waals surface area contributed by atoms with Crippen LogP contribution >= 0.6 is 22.9 Å². The van der Waals surface area contributed by atoms with E-state index in [1.165, 1.54) is 23.5 Å². The normalized spacial score (nSPS) is 10.2. The van der Waals surface area contributed by atoms with Crippen LogP contribution in [0.4, 0.5) is 5.69 Å². The molecule has 0 saturated carbocycles. The molecule has 0 bridgehead atoms. The van der Waals surface area contributed by atoms with Gasteiger partial charge in [-0.2, -0.15) is 0 Å². The van der Waals surface area contributed by atoms with Gasteiger partial charge >= 0.3 is 0 Å². The Morgan fingerprint density at radius 3 is 2.80 bits per heavy atom. The first-order valence-corrected chi connectivity index (χ1v) is 5.10. The lowest BCUT2D eigenvalue weighted by atomic mass is 10.2. The van der Waals surface area contributed by atoms with Crippen molar-refractivity contribution in [1.82, 2.24) is 10.2 Å². The van der Waals surface area contributed by atoms with Crippen LogP contribution < -0.4 is 0 Å². The maximum Gasteiger partial charge on any atom is 0.270 e. The highest BCUT2D eigenvalue weighted by molar-refractivity contribution is 7.18. The summed E-state index contributed by atoms with van der Waals surface area (Å²) >= 11 is 6.81.